The first-order valence-electron chi connectivity index (χ1n) is 9.30. The van der Waals surface area contributed by atoms with Crippen LogP contribution in [0.1, 0.15) is 39.4 Å². The van der Waals surface area contributed by atoms with Crippen molar-refractivity contribution < 1.29 is 9.59 Å². The molecule has 2 amide bonds. The molecule has 29 heavy (non-hydrogen) atoms. The molecular formula is C19H21N7O2S. The third kappa shape index (κ3) is 3.66. The van der Waals surface area contributed by atoms with Crippen LogP contribution in [0.15, 0.2) is 41.7 Å². The average Bonchev–Trinajstić information content (AvgIpc) is 3.33. The molecule has 0 spiro atoms. The average molecular weight is 411 g/mol. The Bertz CT molecular complexity index is 1110. The highest BCUT2D eigenvalue weighted by Gasteiger charge is 2.25. The quantitative estimate of drug-likeness (QED) is 0.603. The number of rotatable bonds is 4. The number of H-pyrrole nitrogens is 1. The van der Waals surface area contributed by atoms with Gasteiger partial charge in [0.1, 0.15) is 10.7 Å². The molecule has 3 aromatic rings. The molecule has 0 saturated carbocycles. The Morgan fingerprint density at radius 2 is 1.86 bits per heavy atom. The van der Waals surface area contributed by atoms with E-state index in [4.69, 9.17) is 11.5 Å². The number of nitrogens with one attached hydrogen (secondary N) is 1. The molecule has 0 aliphatic carbocycles. The van der Waals surface area contributed by atoms with Crippen molar-refractivity contribution in [3.63, 3.8) is 0 Å². The van der Waals surface area contributed by atoms with E-state index in [1.807, 2.05) is 35.2 Å². The number of primary amides is 1. The van der Waals surface area contributed by atoms with Crippen LogP contribution in [0.4, 0.5) is 11.6 Å². The van der Waals surface area contributed by atoms with Crippen molar-refractivity contribution >= 4 is 34.8 Å². The van der Waals surface area contributed by atoms with Crippen LogP contribution in [0, 0.1) is 0 Å². The molecule has 0 bridgehead atoms. The summed E-state index contributed by atoms with van der Waals surface area (Å²) in [4.78, 5) is 38.7. The standard InChI is InChI=1S/C19H21N7O2S/c20-15-14(18(28)25-9-5-2-6-10-25)29-19(26(15)12-7-3-1-4-8-12)24-17-13(16(21)27)22-11-23-17/h1,3-4,7-8,11H,2,5-6,9-10,20H2,(H2,21,27)(H,22,23)/b24-19-. The van der Waals surface area contributed by atoms with Gasteiger partial charge < -0.3 is 21.4 Å². The van der Waals surface area contributed by atoms with E-state index in [-0.39, 0.29) is 17.4 Å². The highest BCUT2D eigenvalue weighted by molar-refractivity contribution is 7.12. The first kappa shape index (κ1) is 18.9. The number of nitrogen functional groups attached to an aromatic ring is 1. The van der Waals surface area contributed by atoms with Gasteiger partial charge in [-0.25, -0.2) is 4.98 Å². The van der Waals surface area contributed by atoms with Gasteiger partial charge in [-0.1, -0.05) is 29.5 Å². The fourth-order valence-corrected chi connectivity index (χ4v) is 4.35. The minimum Gasteiger partial charge on any atom is -0.383 e. The predicted molar refractivity (Wildman–Crippen MR) is 110 cm³/mol. The summed E-state index contributed by atoms with van der Waals surface area (Å²) < 4.78 is 1.70. The van der Waals surface area contributed by atoms with E-state index in [2.05, 4.69) is 15.0 Å². The molecule has 10 heteroatoms. The lowest BCUT2D eigenvalue weighted by atomic mass is 10.1. The Morgan fingerprint density at radius 1 is 1.14 bits per heavy atom. The second kappa shape index (κ2) is 7.92. The zero-order valence-electron chi connectivity index (χ0n) is 15.7. The Labute approximate surface area is 170 Å². The second-order valence-electron chi connectivity index (χ2n) is 6.70. The minimum absolute atomic E-state index is 0.0977. The van der Waals surface area contributed by atoms with E-state index in [0.29, 0.717) is 15.5 Å². The van der Waals surface area contributed by atoms with E-state index in [9.17, 15) is 9.59 Å². The Morgan fingerprint density at radius 3 is 2.55 bits per heavy atom. The SMILES string of the molecule is NC(=O)c1[nH]cnc1/N=c1\sc(C(=O)N2CCCCC2)c(N)n1-c1ccccc1. The van der Waals surface area contributed by atoms with Crippen molar-refractivity contribution in [2.45, 2.75) is 19.3 Å². The van der Waals surface area contributed by atoms with Gasteiger partial charge in [-0.05, 0) is 31.4 Å². The highest BCUT2D eigenvalue weighted by atomic mass is 32.1. The van der Waals surface area contributed by atoms with Gasteiger partial charge in [0.25, 0.3) is 11.8 Å². The van der Waals surface area contributed by atoms with Gasteiger partial charge in [-0.15, -0.1) is 0 Å². The number of para-hydroxylation sites is 1. The predicted octanol–water partition coefficient (Wildman–Crippen LogP) is 1.80. The van der Waals surface area contributed by atoms with Crippen LogP contribution >= 0.6 is 11.3 Å². The van der Waals surface area contributed by atoms with Crippen molar-refractivity contribution in [1.82, 2.24) is 19.4 Å². The van der Waals surface area contributed by atoms with Gasteiger partial charge in [0.15, 0.2) is 16.3 Å². The molecule has 1 aliphatic rings. The molecule has 1 aliphatic heterocycles. The summed E-state index contributed by atoms with van der Waals surface area (Å²) in [6, 6.07) is 9.38. The van der Waals surface area contributed by atoms with Gasteiger partial charge in [-0.3, -0.25) is 14.2 Å². The summed E-state index contributed by atoms with van der Waals surface area (Å²) in [7, 11) is 0. The molecule has 9 nitrogen and oxygen atoms in total. The Kier molecular flexibility index (Phi) is 5.17. The molecule has 150 valence electrons. The summed E-state index contributed by atoms with van der Waals surface area (Å²) >= 11 is 1.18. The summed E-state index contributed by atoms with van der Waals surface area (Å²) in [6.07, 6.45) is 4.45. The number of benzene rings is 1. The third-order valence-electron chi connectivity index (χ3n) is 4.78. The van der Waals surface area contributed by atoms with Crippen LogP contribution in [0.5, 0.6) is 0 Å². The minimum atomic E-state index is -0.665. The molecule has 1 fully saturated rings. The summed E-state index contributed by atoms with van der Waals surface area (Å²) in [5, 5.41) is 0. The number of amides is 2. The van der Waals surface area contributed by atoms with Gasteiger partial charge in [0, 0.05) is 18.8 Å². The maximum Gasteiger partial charge on any atom is 0.269 e. The molecular weight excluding hydrogens is 390 g/mol. The van der Waals surface area contributed by atoms with Gasteiger partial charge in [0.05, 0.1) is 6.33 Å². The van der Waals surface area contributed by atoms with Crippen molar-refractivity contribution in [2.24, 2.45) is 10.7 Å². The van der Waals surface area contributed by atoms with E-state index in [1.54, 1.807) is 4.57 Å². The molecule has 2 aromatic heterocycles. The zero-order chi connectivity index (χ0) is 20.4. The highest BCUT2D eigenvalue weighted by Crippen LogP contribution is 2.24. The van der Waals surface area contributed by atoms with E-state index in [1.165, 1.54) is 17.7 Å². The van der Waals surface area contributed by atoms with Crippen LogP contribution in [-0.4, -0.2) is 44.3 Å². The van der Waals surface area contributed by atoms with E-state index in [0.717, 1.165) is 38.0 Å². The first-order valence-corrected chi connectivity index (χ1v) is 10.1. The number of hydrogen-bond donors (Lipinski definition) is 3. The Hall–Kier alpha value is -3.40. The fraction of sp³-hybridized carbons (Fsp3) is 0.263. The molecule has 0 unspecified atom stereocenters. The van der Waals surface area contributed by atoms with Crippen LogP contribution < -0.4 is 16.3 Å². The summed E-state index contributed by atoms with van der Waals surface area (Å²) in [5.41, 5.74) is 12.7. The molecule has 4 rings (SSSR count). The number of anilines is 1. The van der Waals surface area contributed by atoms with Gasteiger partial charge >= 0.3 is 0 Å². The van der Waals surface area contributed by atoms with Crippen molar-refractivity contribution in [2.75, 3.05) is 18.8 Å². The lowest BCUT2D eigenvalue weighted by Crippen LogP contribution is -2.35. The topological polar surface area (TPSA) is 135 Å². The number of nitrogens with two attached hydrogens (primary N) is 2. The van der Waals surface area contributed by atoms with Crippen molar-refractivity contribution in [3.8, 4) is 5.69 Å². The number of carbonyl (C=O) groups is 2. The number of thiazole rings is 1. The Balaban J connectivity index is 1.87. The van der Waals surface area contributed by atoms with E-state index < -0.39 is 5.91 Å². The van der Waals surface area contributed by atoms with E-state index >= 15 is 0 Å². The number of hydrogen-bond acceptors (Lipinski definition) is 6. The van der Waals surface area contributed by atoms with Gasteiger partial charge in [-0.2, -0.15) is 4.99 Å². The van der Waals surface area contributed by atoms with Crippen LogP contribution in [0.25, 0.3) is 5.69 Å². The maximum absolute atomic E-state index is 13.1. The van der Waals surface area contributed by atoms with Crippen LogP contribution in [0.3, 0.4) is 0 Å². The lowest BCUT2D eigenvalue weighted by molar-refractivity contribution is 0.0729. The first-order chi connectivity index (χ1) is 14.1. The number of imidazole rings is 1. The molecule has 0 radical (unpaired) electrons. The molecule has 1 saturated heterocycles. The van der Waals surface area contributed by atoms with Crippen LogP contribution in [0.2, 0.25) is 0 Å². The monoisotopic (exact) mass is 411 g/mol. The molecule has 0 atom stereocenters. The number of aromatic nitrogens is 3. The fourth-order valence-electron chi connectivity index (χ4n) is 3.33. The largest absolute Gasteiger partial charge is 0.383 e. The number of aromatic amines is 1. The van der Waals surface area contributed by atoms with Crippen molar-refractivity contribution in [1.29, 1.82) is 0 Å². The van der Waals surface area contributed by atoms with Gasteiger partial charge in [0.2, 0.25) is 0 Å². The lowest BCUT2D eigenvalue weighted by Gasteiger charge is -2.26. The summed E-state index contributed by atoms with van der Waals surface area (Å²) in [6.45, 7) is 1.44. The molecule has 1 aromatic carbocycles. The normalized spacial score (nSPS) is 14.9. The second-order valence-corrected chi connectivity index (χ2v) is 7.68. The number of likely N-dealkylation sites (tertiary alicyclic amines) is 1. The maximum atomic E-state index is 13.1. The van der Waals surface area contributed by atoms with Crippen molar-refractivity contribution in [3.05, 3.63) is 52.0 Å². The molecule has 5 N–H and O–H groups in total. The number of carbonyl (C=O) groups excluding carboxylic acids is 2. The number of nitrogens with zero attached hydrogens (tertiary/aromatic N) is 4. The molecule has 3 heterocycles. The number of piperidine rings is 1. The third-order valence-corrected chi connectivity index (χ3v) is 5.82. The smallest absolute Gasteiger partial charge is 0.269 e. The summed E-state index contributed by atoms with van der Waals surface area (Å²) in [5.74, 6) is -0.302. The zero-order valence-corrected chi connectivity index (χ0v) is 16.5. The van der Waals surface area contributed by atoms with Crippen LogP contribution in [-0.2, 0) is 0 Å².